The Morgan fingerprint density at radius 3 is 1.95 bits per heavy atom. The summed E-state index contributed by atoms with van der Waals surface area (Å²) in [6.07, 6.45) is 0. The van der Waals surface area contributed by atoms with Gasteiger partial charge in [-0.1, -0.05) is 35.5 Å². The van der Waals surface area contributed by atoms with E-state index < -0.39 is 26.3 Å². The van der Waals surface area contributed by atoms with Crippen LogP contribution in [-0.2, 0) is 5.79 Å². The Morgan fingerprint density at radius 2 is 1.48 bits per heavy atom. The number of aromatic nitrogens is 1. The van der Waals surface area contributed by atoms with Gasteiger partial charge in [-0.2, -0.15) is 0 Å². The maximum absolute atomic E-state index is 10.9. The Hall–Kier alpha value is -3.37. The van der Waals surface area contributed by atoms with Gasteiger partial charge in [0.15, 0.2) is 14.8 Å². The van der Waals surface area contributed by atoms with E-state index >= 15 is 0 Å². The van der Waals surface area contributed by atoms with Crippen LogP contribution in [0.3, 0.4) is 0 Å². The first-order valence-electron chi connectivity index (χ1n) is 5.36. The molecule has 0 unspecified atom stereocenters. The molecule has 0 N–H and O–H groups in total. The minimum atomic E-state index is -3.82. The highest BCUT2D eigenvalue weighted by molar-refractivity contribution is 5.58. The molecule has 2 rings (SSSR count). The molecule has 0 aliphatic heterocycles. The molecule has 1 aromatic heterocycles. The Bertz CT molecular complexity index is 675. The van der Waals surface area contributed by atoms with Gasteiger partial charge in [-0.05, 0) is 0 Å². The summed E-state index contributed by atoms with van der Waals surface area (Å²) in [6, 6.07) is 8.89. The van der Waals surface area contributed by atoms with E-state index in [1.807, 2.05) is 0 Å². The van der Waals surface area contributed by atoms with Gasteiger partial charge < -0.3 is 4.52 Å². The van der Waals surface area contributed by atoms with E-state index in [1.165, 1.54) is 0 Å². The van der Waals surface area contributed by atoms with Crippen molar-refractivity contribution in [2.45, 2.75) is 5.79 Å². The van der Waals surface area contributed by atoms with Crippen molar-refractivity contribution in [1.29, 1.82) is 0 Å². The molecule has 0 aliphatic rings. The minimum absolute atomic E-state index is 0.0144. The minimum Gasteiger partial charge on any atom is -0.335 e. The summed E-state index contributed by atoms with van der Waals surface area (Å²) in [5.74, 6) is -4.90. The predicted octanol–water partition coefficient (Wildman–Crippen LogP) is 1.28. The van der Waals surface area contributed by atoms with Crippen LogP contribution in [0.2, 0.25) is 0 Å². The molecule has 0 amide bonds. The molecule has 108 valence electrons. The van der Waals surface area contributed by atoms with Gasteiger partial charge in [0.25, 0.3) is 0 Å². The first-order valence-corrected chi connectivity index (χ1v) is 5.36. The molecule has 1 aromatic carbocycles. The second-order valence-electron chi connectivity index (χ2n) is 3.85. The Morgan fingerprint density at radius 1 is 0.952 bits per heavy atom. The quantitative estimate of drug-likeness (QED) is 0.453. The summed E-state index contributed by atoms with van der Waals surface area (Å²) in [6.45, 7) is 0. The smallest absolute Gasteiger partial charge is 0.335 e. The van der Waals surface area contributed by atoms with Crippen LogP contribution in [0.15, 0.2) is 40.9 Å². The van der Waals surface area contributed by atoms with E-state index in [9.17, 15) is 30.3 Å². The van der Waals surface area contributed by atoms with E-state index in [2.05, 4.69) is 9.68 Å². The standard InChI is InChI=1S/C10H6N4O7/c15-12(16)10(13(17)18,14(19)20)9-6-8(11-21-9)7-4-2-1-3-5-7/h1-6H. The second-order valence-corrected chi connectivity index (χ2v) is 3.85. The molecular weight excluding hydrogens is 288 g/mol. The van der Waals surface area contributed by atoms with Crippen molar-refractivity contribution in [3.8, 4) is 11.3 Å². The first kappa shape index (κ1) is 14.0. The molecule has 21 heavy (non-hydrogen) atoms. The lowest BCUT2D eigenvalue weighted by atomic mass is 10.1. The zero-order valence-electron chi connectivity index (χ0n) is 10.1. The third-order valence-corrected chi connectivity index (χ3v) is 2.67. The molecule has 0 bridgehead atoms. The van der Waals surface area contributed by atoms with Crippen molar-refractivity contribution in [2.75, 3.05) is 0 Å². The van der Waals surface area contributed by atoms with Crippen molar-refractivity contribution >= 4 is 0 Å². The summed E-state index contributed by atoms with van der Waals surface area (Å²) < 4.78 is 4.49. The van der Waals surface area contributed by atoms with Crippen molar-refractivity contribution in [3.63, 3.8) is 0 Å². The lowest BCUT2D eigenvalue weighted by Gasteiger charge is -2.04. The van der Waals surface area contributed by atoms with Gasteiger partial charge in [-0.3, -0.25) is 30.3 Å². The highest BCUT2D eigenvalue weighted by Crippen LogP contribution is 2.30. The zero-order chi connectivity index (χ0) is 15.6. The SMILES string of the molecule is O=[N+]([O-])C(c1cc(-c2ccccc2)no1)([N+](=O)[O-])[N+](=O)[O-]. The zero-order valence-corrected chi connectivity index (χ0v) is 10.1. The Balaban J connectivity index is 2.59. The molecule has 11 heteroatoms. The number of rotatable bonds is 5. The van der Waals surface area contributed by atoms with Crippen LogP contribution in [0.4, 0.5) is 0 Å². The fourth-order valence-corrected chi connectivity index (χ4v) is 1.65. The van der Waals surface area contributed by atoms with Crippen LogP contribution in [0.1, 0.15) is 5.76 Å². The normalized spacial score (nSPS) is 11.0. The molecule has 0 spiro atoms. The van der Waals surface area contributed by atoms with Crippen molar-refractivity contribution < 1.29 is 19.3 Å². The van der Waals surface area contributed by atoms with Crippen LogP contribution in [-0.4, -0.2) is 19.9 Å². The van der Waals surface area contributed by atoms with Gasteiger partial charge >= 0.3 is 11.5 Å². The number of hydrogen-bond acceptors (Lipinski definition) is 8. The molecule has 0 saturated heterocycles. The fraction of sp³-hybridized carbons (Fsp3) is 0.100. The Labute approximate surface area is 115 Å². The highest BCUT2D eigenvalue weighted by Gasteiger charge is 2.76. The van der Waals surface area contributed by atoms with Crippen molar-refractivity contribution in [2.24, 2.45) is 0 Å². The summed E-state index contributed by atoms with van der Waals surface area (Å²) in [7, 11) is 0. The lowest BCUT2D eigenvalue weighted by molar-refractivity contribution is -0.988. The van der Waals surface area contributed by atoms with Crippen LogP contribution in [0, 0.1) is 30.3 Å². The fourth-order valence-electron chi connectivity index (χ4n) is 1.65. The topological polar surface area (TPSA) is 155 Å². The van der Waals surface area contributed by atoms with Crippen LogP contribution >= 0.6 is 0 Å². The van der Waals surface area contributed by atoms with Crippen molar-refractivity contribution in [1.82, 2.24) is 5.16 Å². The molecule has 11 nitrogen and oxygen atoms in total. The largest absolute Gasteiger partial charge is 0.763 e. The van der Waals surface area contributed by atoms with Crippen molar-refractivity contribution in [3.05, 3.63) is 72.5 Å². The van der Waals surface area contributed by atoms with E-state index in [-0.39, 0.29) is 5.69 Å². The molecule has 2 aromatic rings. The lowest BCUT2D eigenvalue weighted by Crippen LogP contribution is -2.49. The van der Waals surface area contributed by atoms with Gasteiger partial charge in [-0.15, -0.1) is 0 Å². The third-order valence-electron chi connectivity index (χ3n) is 2.67. The van der Waals surface area contributed by atoms with E-state index in [4.69, 9.17) is 0 Å². The van der Waals surface area contributed by atoms with Gasteiger partial charge in [0.1, 0.15) is 5.69 Å². The second kappa shape index (κ2) is 4.96. The molecule has 0 atom stereocenters. The molecular formula is C10H6N4O7. The number of nitrogens with zero attached hydrogens (tertiary/aromatic N) is 4. The van der Waals surface area contributed by atoms with E-state index in [1.54, 1.807) is 30.3 Å². The first-order chi connectivity index (χ1) is 9.90. The maximum atomic E-state index is 10.9. The average molecular weight is 294 g/mol. The molecule has 0 radical (unpaired) electrons. The third kappa shape index (κ3) is 2.05. The number of benzene rings is 1. The van der Waals surface area contributed by atoms with Gasteiger partial charge in [0.2, 0.25) is 0 Å². The van der Waals surface area contributed by atoms with Gasteiger partial charge in [-0.25, -0.2) is 0 Å². The molecule has 1 heterocycles. The van der Waals surface area contributed by atoms with Gasteiger partial charge in [0.05, 0.1) is 0 Å². The monoisotopic (exact) mass is 294 g/mol. The summed E-state index contributed by atoms with van der Waals surface area (Å²) in [5.41, 5.74) is 0.456. The van der Waals surface area contributed by atoms with E-state index in [0.717, 1.165) is 6.07 Å². The summed E-state index contributed by atoms with van der Waals surface area (Å²) in [4.78, 5) is 27.7. The van der Waals surface area contributed by atoms with Gasteiger partial charge in [0, 0.05) is 11.6 Å². The van der Waals surface area contributed by atoms with Crippen LogP contribution in [0.25, 0.3) is 11.3 Å². The average Bonchev–Trinajstić information content (AvgIpc) is 2.89. The van der Waals surface area contributed by atoms with E-state index in [0.29, 0.717) is 5.56 Å². The Kier molecular flexibility index (Phi) is 3.32. The molecule has 0 fully saturated rings. The predicted molar refractivity (Wildman–Crippen MR) is 64.6 cm³/mol. The summed E-state index contributed by atoms with van der Waals surface area (Å²) >= 11 is 0. The molecule has 0 saturated carbocycles. The van der Waals surface area contributed by atoms with Crippen LogP contribution < -0.4 is 0 Å². The maximum Gasteiger partial charge on any atom is 0.763 e. The highest BCUT2D eigenvalue weighted by atomic mass is 16.7. The molecule has 0 aliphatic carbocycles. The number of nitro groups is 3. The number of hydrogen-bond donors (Lipinski definition) is 0. The summed E-state index contributed by atoms with van der Waals surface area (Å²) in [5, 5.41) is 36.1. The van der Waals surface area contributed by atoms with Crippen LogP contribution in [0.5, 0.6) is 0 Å².